The molecule has 1 fully saturated rings. The Morgan fingerprint density at radius 1 is 1.69 bits per heavy atom. The summed E-state index contributed by atoms with van der Waals surface area (Å²) in [5, 5.41) is 18.1. The SMILES string of the molecule is C=C1CC[C@H]([C@@H](O)C(=O)O)C1(C)C. The third kappa shape index (κ3) is 1.61. The van der Waals surface area contributed by atoms with E-state index in [-0.39, 0.29) is 11.3 Å². The van der Waals surface area contributed by atoms with Crippen molar-refractivity contribution in [3.63, 3.8) is 0 Å². The Balaban J connectivity index is 2.83. The van der Waals surface area contributed by atoms with Gasteiger partial charge in [0.05, 0.1) is 0 Å². The molecule has 0 aromatic heterocycles. The van der Waals surface area contributed by atoms with Gasteiger partial charge in [-0.2, -0.15) is 0 Å². The van der Waals surface area contributed by atoms with E-state index in [0.717, 1.165) is 18.4 Å². The summed E-state index contributed by atoms with van der Waals surface area (Å²) in [5.41, 5.74) is 0.787. The molecule has 0 spiro atoms. The van der Waals surface area contributed by atoms with E-state index in [9.17, 15) is 9.90 Å². The van der Waals surface area contributed by atoms with Gasteiger partial charge in [0.1, 0.15) is 0 Å². The zero-order valence-corrected chi connectivity index (χ0v) is 8.08. The molecule has 13 heavy (non-hydrogen) atoms. The monoisotopic (exact) mass is 184 g/mol. The molecule has 1 rings (SSSR count). The van der Waals surface area contributed by atoms with Crippen molar-refractivity contribution >= 4 is 5.97 Å². The van der Waals surface area contributed by atoms with Crippen molar-refractivity contribution in [2.45, 2.75) is 32.8 Å². The van der Waals surface area contributed by atoms with Gasteiger partial charge in [-0.1, -0.05) is 26.0 Å². The van der Waals surface area contributed by atoms with Gasteiger partial charge >= 0.3 is 5.97 Å². The minimum absolute atomic E-state index is 0.197. The molecule has 0 radical (unpaired) electrons. The van der Waals surface area contributed by atoms with Crippen molar-refractivity contribution in [3.8, 4) is 0 Å². The Morgan fingerprint density at radius 3 is 2.54 bits per heavy atom. The molecule has 0 bridgehead atoms. The van der Waals surface area contributed by atoms with E-state index in [1.54, 1.807) is 0 Å². The minimum atomic E-state index is -1.26. The Morgan fingerprint density at radius 2 is 2.23 bits per heavy atom. The van der Waals surface area contributed by atoms with Gasteiger partial charge < -0.3 is 10.2 Å². The van der Waals surface area contributed by atoms with Crippen LogP contribution in [0.4, 0.5) is 0 Å². The average molecular weight is 184 g/mol. The second kappa shape index (κ2) is 3.14. The quantitative estimate of drug-likeness (QED) is 0.638. The van der Waals surface area contributed by atoms with E-state index in [2.05, 4.69) is 6.58 Å². The summed E-state index contributed by atoms with van der Waals surface area (Å²) >= 11 is 0. The Kier molecular flexibility index (Phi) is 2.48. The van der Waals surface area contributed by atoms with Crippen LogP contribution in [0, 0.1) is 11.3 Å². The van der Waals surface area contributed by atoms with Gasteiger partial charge in [-0.05, 0) is 18.3 Å². The summed E-state index contributed by atoms with van der Waals surface area (Å²) in [6.45, 7) is 7.78. The largest absolute Gasteiger partial charge is 0.479 e. The van der Waals surface area contributed by atoms with Crippen LogP contribution < -0.4 is 0 Å². The van der Waals surface area contributed by atoms with E-state index < -0.39 is 12.1 Å². The van der Waals surface area contributed by atoms with Crippen molar-refractivity contribution in [2.24, 2.45) is 11.3 Å². The molecule has 0 heterocycles. The molecule has 0 aliphatic heterocycles. The van der Waals surface area contributed by atoms with Crippen molar-refractivity contribution in [1.82, 2.24) is 0 Å². The smallest absolute Gasteiger partial charge is 0.332 e. The highest BCUT2D eigenvalue weighted by Gasteiger charge is 2.43. The number of hydrogen-bond acceptors (Lipinski definition) is 2. The summed E-state index contributed by atoms with van der Waals surface area (Å²) in [6.07, 6.45) is 0.288. The number of carboxylic acids is 1. The van der Waals surface area contributed by atoms with Gasteiger partial charge in [-0.25, -0.2) is 4.79 Å². The fourth-order valence-corrected chi connectivity index (χ4v) is 2.00. The lowest BCUT2D eigenvalue weighted by atomic mass is 9.76. The van der Waals surface area contributed by atoms with Gasteiger partial charge in [0.2, 0.25) is 0 Å². The fourth-order valence-electron chi connectivity index (χ4n) is 2.00. The van der Waals surface area contributed by atoms with E-state index in [1.165, 1.54) is 0 Å². The molecule has 0 saturated heterocycles. The Labute approximate surface area is 78.1 Å². The molecule has 74 valence electrons. The summed E-state index contributed by atoms with van der Waals surface area (Å²) in [7, 11) is 0. The first-order valence-corrected chi connectivity index (χ1v) is 4.46. The van der Waals surface area contributed by atoms with E-state index >= 15 is 0 Å². The molecule has 1 aliphatic carbocycles. The summed E-state index contributed by atoms with van der Waals surface area (Å²) < 4.78 is 0. The van der Waals surface area contributed by atoms with Crippen LogP contribution >= 0.6 is 0 Å². The van der Waals surface area contributed by atoms with E-state index in [0.29, 0.717) is 0 Å². The summed E-state index contributed by atoms with van der Waals surface area (Å²) in [5.74, 6) is -1.33. The molecule has 0 amide bonds. The molecule has 1 saturated carbocycles. The lowest BCUT2D eigenvalue weighted by Crippen LogP contribution is -2.36. The zero-order chi connectivity index (χ0) is 10.2. The maximum atomic E-state index is 10.6. The molecular formula is C10H16O3. The molecule has 2 N–H and O–H groups in total. The molecule has 2 atom stereocenters. The Bertz CT molecular complexity index is 243. The molecule has 0 aromatic carbocycles. The standard InChI is InChI=1S/C10H16O3/c1-6-4-5-7(10(6,2)3)8(11)9(12)13/h7-8,11H,1,4-5H2,2-3H3,(H,12,13)/t7-,8-/m1/s1. The number of aliphatic hydroxyl groups is 1. The first kappa shape index (κ1) is 10.3. The zero-order valence-electron chi connectivity index (χ0n) is 8.08. The number of carbonyl (C=O) groups is 1. The molecule has 3 heteroatoms. The Hall–Kier alpha value is -0.830. The minimum Gasteiger partial charge on any atom is -0.479 e. The van der Waals surface area contributed by atoms with E-state index in [1.807, 2.05) is 13.8 Å². The van der Waals surface area contributed by atoms with Crippen LogP contribution in [-0.2, 0) is 4.79 Å². The third-order valence-electron chi connectivity index (χ3n) is 3.23. The lowest BCUT2D eigenvalue weighted by Gasteiger charge is -2.29. The van der Waals surface area contributed by atoms with E-state index in [4.69, 9.17) is 5.11 Å². The third-order valence-corrected chi connectivity index (χ3v) is 3.23. The number of carboxylic acid groups (broad SMARTS) is 1. The highest BCUT2D eigenvalue weighted by molar-refractivity contribution is 5.72. The highest BCUT2D eigenvalue weighted by Crippen LogP contribution is 2.47. The van der Waals surface area contributed by atoms with Crippen LogP contribution in [0.2, 0.25) is 0 Å². The van der Waals surface area contributed by atoms with Gasteiger partial charge in [0.15, 0.2) is 6.10 Å². The van der Waals surface area contributed by atoms with Crippen LogP contribution in [0.5, 0.6) is 0 Å². The van der Waals surface area contributed by atoms with Gasteiger partial charge in [-0.3, -0.25) is 0 Å². The van der Waals surface area contributed by atoms with Crippen LogP contribution in [0.3, 0.4) is 0 Å². The topological polar surface area (TPSA) is 57.5 Å². The predicted octanol–water partition coefficient (Wildman–Crippen LogP) is 1.42. The van der Waals surface area contributed by atoms with Crippen molar-refractivity contribution < 1.29 is 15.0 Å². The summed E-state index contributed by atoms with van der Waals surface area (Å²) in [4.78, 5) is 10.6. The number of hydrogen-bond donors (Lipinski definition) is 2. The second-order valence-corrected chi connectivity index (χ2v) is 4.25. The first-order chi connectivity index (χ1) is 5.87. The van der Waals surface area contributed by atoms with Crippen LogP contribution in [0.25, 0.3) is 0 Å². The van der Waals surface area contributed by atoms with Crippen molar-refractivity contribution in [2.75, 3.05) is 0 Å². The van der Waals surface area contributed by atoms with Gasteiger partial charge in [0.25, 0.3) is 0 Å². The number of allylic oxidation sites excluding steroid dienone is 1. The summed E-state index contributed by atoms with van der Waals surface area (Å²) in [6, 6.07) is 0. The molecular weight excluding hydrogens is 168 g/mol. The first-order valence-electron chi connectivity index (χ1n) is 4.46. The van der Waals surface area contributed by atoms with Crippen LogP contribution in [0.1, 0.15) is 26.7 Å². The normalized spacial score (nSPS) is 28.8. The molecule has 1 aliphatic rings. The lowest BCUT2D eigenvalue weighted by molar-refractivity contribution is -0.151. The van der Waals surface area contributed by atoms with Crippen molar-refractivity contribution in [1.29, 1.82) is 0 Å². The van der Waals surface area contributed by atoms with Crippen LogP contribution in [-0.4, -0.2) is 22.3 Å². The molecule has 0 aromatic rings. The number of rotatable bonds is 2. The number of aliphatic carboxylic acids is 1. The van der Waals surface area contributed by atoms with Gasteiger partial charge in [-0.15, -0.1) is 0 Å². The van der Waals surface area contributed by atoms with Crippen LogP contribution in [0.15, 0.2) is 12.2 Å². The number of aliphatic hydroxyl groups excluding tert-OH is 1. The maximum Gasteiger partial charge on any atom is 0.332 e. The average Bonchev–Trinajstić information content (AvgIpc) is 2.26. The second-order valence-electron chi connectivity index (χ2n) is 4.25. The fraction of sp³-hybridized carbons (Fsp3) is 0.700. The molecule has 0 unspecified atom stereocenters. The van der Waals surface area contributed by atoms with Crippen molar-refractivity contribution in [3.05, 3.63) is 12.2 Å². The molecule has 3 nitrogen and oxygen atoms in total. The highest BCUT2D eigenvalue weighted by atomic mass is 16.4. The van der Waals surface area contributed by atoms with Gasteiger partial charge in [0, 0.05) is 5.92 Å². The maximum absolute atomic E-state index is 10.6. The predicted molar refractivity (Wildman–Crippen MR) is 49.3 cm³/mol.